The maximum atomic E-state index is 13.5. The highest BCUT2D eigenvalue weighted by molar-refractivity contribution is 6.58. The summed E-state index contributed by atoms with van der Waals surface area (Å²) in [5.74, 6) is -3.46. The molecular weight excluding hydrogens is 489 g/mol. The van der Waals surface area contributed by atoms with Crippen molar-refractivity contribution < 1.29 is 40.1 Å². The monoisotopic (exact) mass is 521 g/mol. The third-order valence-corrected chi connectivity index (χ3v) is 7.45. The summed E-state index contributed by atoms with van der Waals surface area (Å²) in [5.41, 5.74) is 2.90. The summed E-state index contributed by atoms with van der Waals surface area (Å²) in [7, 11) is -1.77. The van der Waals surface area contributed by atoms with Gasteiger partial charge in [-0.2, -0.15) is 0 Å². The van der Waals surface area contributed by atoms with E-state index in [4.69, 9.17) is 0 Å². The van der Waals surface area contributed by atoms with Crippen LogP contribution in [0.4, 0.5) is 5.69 Å². The highest BCUT2D eigenvalue weighted by Gasteiger charge is 2.55. The number of rotatable bonds is 9. The number of anilines is 1. The molecule has 6 N–H and O–H groups in total. The predicted octanol–water partition coefficient (Wildman–Crippen LogP) is 0.723. The largest absolute Gasteiger partial charge is 0.508 e. The zero-order chi connectivity index (χ0) is 27.6. The minimum absolute atomic E-state index is 0.0750. The summed E-state index contributed by atoms with van der Waals surface area (Å²) in [4.78, 5) is 27.9. The van der Waals surface area contributed by atoms with Crippen LogP contribution in [0.15, 0.2) is 65.3 Å². The molecule has 0 unspecified atom stereocenters. The zero-order valence-corrected chi connectivity index (χ0v) is 21.1. The average Bonchev–Trinajstić information content (AvgIpc) is 3.15. The molecule has 0 aromatic heterocycles. The number of benzene rings is 2. The van der Waals surface area contributed by atoms with Crippen LogP contribution in [0.25, 0.3) is 6.08 Å². The number of aliphatic hydroxyl groups excluding tert-OH is 3. The SMILES string of the molecule is C/C(=C\c1cccc(O)c1)CC[C@@H](O)C1=C(CO)C[C@H]2C(=O)N(c3cccc(B(O)O)c3)C(=O)[C@H]2[C@H]1CO. The number of amides is 2. The number of aromatic hydroxyl groups is 1. The Kier molecular flexibility index (Phi) is 8.49. The first-order valence-electron chi connectivity index (χ1n) is 12.6. The lowest BCUT2D eigenvalue weighted by Crippen LogP contribution is -2.39. The number of nitrogens with zero attached hydrogens (tertiary/aromatic N) is 1. The van der Waals surface area contributed by atoms with Crippen LogP contribution in [0.3, 0.4) is 0 Å². The highest BCUT2D eigenvalue weighted by Crippen LogP contribution is 2.47. The van der Waals surface area contributed by atoms with Crippen LogP contribution >= 0.6 is 0 Å². The first kappa shape index (κ1) is 27.8. The van der Waals surface area contributed by atoms with Crippen LogP contribution in [-0.2, 0) is 9.59 Å². The normalized spacial score (nSPS) is 22.6. The van der Waals surface area contributed by atoms with E-state index in [1.807, 2.05) is 19.1 Å². The van der Waals surface area contributed by atoms with E-state index in [0.29, 0.717) is 17.6 Å². The van der Waals surface area contributed by atoms with Crippen molar-refractivity contribution in [2.45, 2.75) is 32.3 Å². The molecule has 1 saturated heterocycles. The number of aliphatic hydroxyl groups is 3. The van der Waals surface area contributed by atoms with Crippen LogP contribution in [0, 0.1) is 17.8 Å². The minimum atomic E-state index is -1.77. The Bertz CT molecular complexity index is 1270. The van der Waals surface area contributed by atoms with Gasteiger partial charge < -0.3 is 30.5 Å². The molecule has 2 amide bonds. The van der Waals surface area contributed by atoms with Crippen molar-refractivity contribution in [1.82, 2.24) is 0 Å². The summed E-state index contributed by atoms with van der Waals surface area (Å²) in [6.07, 6.45) is 1.68. The number of hydrogen-bond acceptors (Lipinski definition) is 8. The third-order valence-electron chi connectivity index (χ3n) is 7.45. The van der Waals surface area contributed by atoms with E-state index in [1.165, 1.54) is 24.3 Å². The van der Waals surface area contributed by atoms with Crippen LogP contribution < -0.4 is 10.4 Å². The maximum Gasteiger partial charge on any atom is 0.488 e. The Balaban J connectivity index is 1.57. The van der Waals surface area contributed by atoms with E-state index in [2.05, 4.69) is 0 Å². The van der Waals surface area contributed by atoms with Crippen LogP contribution in [-0.4, -0.2) is 68.7 Å². The van der Waals surface area contributed by atoms with E-state index in [1.54, 1.807) is 18.2 Å². The standard InChI is InChI=1S/C28H32BNO8/c1-16(10-17-4-2-7-21(33)11-17)8-9-24(34)25-18(14-31)12-22-26(23(25)15-32)28(36)30(27(22)35)20-6-3-5-19(13-20)29(37)38/h2-7,10-11,13,22-24,26,31-34,37-38H,8-9,12,14-15H2,1H3/b16-10+/t22-,23+,24-,26-/m1/s1. The Morgan fingerprint density at radius 2 is 1.84 bits per heavy atom. The van der Waals surface area contributed by atoms with E-state index in [0.717, 1.165) is 16.0 Å². The van der Waals surface area contributed by atoms with Crippen molar-refractivity contribution in [3.05, 3.63) is 70.8 Å². The lowest BCUT2D eigenvalue weighted by molar-refractivity contribution is -0.123. The number of imide groups is 1. The number of allylic oxidation sites excluding steroid dienone is 1. The van der Waals surface area contributed by atoms with Crippen LogP contribution in [0.1, 0.15) is 31.7 Å². The summed E-state index contributed by atoms with van der Waals surface area (Å²) in [6.45, 7) is 0.988. The smallest absolute Gasteiger partial charge is 0.488 e. The molecule has 1 heterocycles. The van der Waals surface area contributed by atoms with Gasteiger partial charge in [0.15, 0.2) is 0 Å². The molecule has 1 aliphatic heterocycles. The summed E-state index contributed by atoms with van der Waals surface area (Å²) >= 11 is 0. The maximum absolute atomic E-state index is 13.5. The molecule has 4 atom stereocenters. The van der Waals surface area contributed by atoms with Gasteiger partial charge in [-0.05, 0) is 72.6 Å². The molecule has 0 bridgehead atoms. The van der Waals surface area contributed by atoms with Gasteiger partial charge in [0.1, 0.15) is 5.75 Å². The molecular formula is C28H32BNO8. The van der Waals surface area contributed by atoms with E-state index >= 15 is 0 Å². The fourth-order valence-electron chi connectivity index (χ4n) is 5.68. The molecule has 200 valence electrons. The second-order valence-electron chi connectivity index (χ2n) is 9.96. The zero-order valence-electron chi connectivity index (χ0n) is 21.1. The van der Waals surface area contributed by atoms with Gasteiger partial charge in [-0.3, -0.25) is 14.5 Å². The molecule has 0 spiro atoms. The Morgan fingerprint density at radius 1 is 1.11 bits per heavy atom. The predicted molar refractivity (Wildman–Crippen MR) is 142 cm³/mol. The van der Waals surface area contributed by atoms with E-state index in [-0.39, 0.29) is 29.7 Å². The summed E-state index contributed by atoms with van der Waals surface area (Å²) in [6, 6.07) is 12.6. The van der Waals surface area contributed by atoms with E-state index in [9.17, 15) is 40.1 Å². The highest BCUT2D eigenvalue weighted by atomic mass is 16.4. The molecule has 2 aliphatic rings. The van der Waals surface area contributed by atoms with Gasteiger partial charge in [0.05, 0.1) is 36.8 Å². The Morgan fingerprint density at radius 3 is 2.50 bits per heavy atom. The van der Waals surface area contributed by atoms with Crippen molar-refractivity contribution in [3.8, 4) is 5.75 Å². The number of carbonyl (C=O) groups excluding carboxylic acids is 2. The van der Waals surface area contributed by atoms with E-state index < -0.39 is 56.0 Å². The molecule has 38 heavy (non-hydrogen) atoms. The van der Waals surface area contributed by atoms with Gasteiger partial charge in [-0.1, -0.05) is 35.9 Å². The number of hydrogen-bond donors (Lipinski definition) is 6. The van der Waals surface area contributed by atoms with Gasteiger partial charge >= 0.3 is 7.12 Å². The summed E-state index contributed by atoms with van der Waals surface area (Å²) in [5, 5.41) is 60.3. The van der Waals surface area contributed by atoms with Crippen LogP contribution in [0.5, 0.6) is 5.75 Å². The van der Waals surface area contributed by atoms with Gasteiger partial charge in [-0.15, -0.1) is 0 Å². The number of phenols is 1. The first-order chi connectivity index (χ1) is 18.2. The fraction of sp³-hybridized carbons (Fsp3) is 0.357. The lowest BCUT2D eigenvalue weighted by atomic mass is 9.68. The fourth-order valence-corrected chi connectivity index (χ4v) is 5.68. The molecule has 2 aromatic rings. The van der Waals surface area contributed by atoms with Gasteiger partial charge in [-0.25, -0.2) is 0 Å². The van der Waals surface area contributed by atoms with Crippen molar-refractivity contribution in [2.75, 3.05) is 18.1 Å². The molecule has 1 fully saturated rings. The lowest BCUT2D eigenvalue weighted by Gasteiger charge is -2.36. The second-order valence-corrected chi connectivity index (χ2v) is 9.96. The number of carbonyl (C=O) groups is 2. The van der Waals surface area contributed by atoms with Gasteiger partial charge in [0, 0.05) is 5.92 Å². The molecule has 2 aromatic carbocycles. The van der Waals surface area contributed by atoms with Crippen molar-refractivity contribution in [2.24, 2.45) is 17.8 Å². The molecule has 9 nitrogen and oxygen atoms in total. The molecule has 4 rings (SSSR count). The minimum Gasteiger partial charge on any atom is -0.508 e. The average molecular weight is 521 g/mol. The number of fused-ring (bicyclic) bond motifs is 1. The Labute approximate surface area is 221 Å². The molecule has 0 saturated carbocycles. The van der Waals surface area contributed by atoms with Crippen molar-refractivity contribution in [3.63, 3.8) is 0 Å². The van der Waals surface area contributed by atoms with Gasteiger partial charge in [0.2, 0.25) is 11.8 Å². The number of phenolic OH excluding ortho intramolecular Hbond substituents is 1. The first-order valence-corrected chi connectivity index (χ1v) is 12.6. The topological polar surface area (TPSA) is 159 Å². The van der Waals surface area contributed by atoms with Crippen LogP contribution in [0.2, 0.25) is 0 Å². The summed E-state index contributed by atoms with van der Waals surface area (Å²) < 4.78 is 0. The van der Waals surface area contributed by atoms with Crippen molar-refractivity contribution in [1.29, 1.82) is 0 Å². The van der Waals surface area contributed by atoms with Crippen molar-refractivity contribution >= 4 is 36.2 Å². The Hall–Kier alpha value is -3.28. The molecule has 1 aliphatic carbocycles. The molecule has 0 radical (unpaired) electrons. The van der Waals surface area contributed by atoms with Gasteiger partial charge in [0.25, 0.3) is 0 Å². The second kappa shape index (κ2) is 11.6. The quantitative estimate of drug-likeness (QED) is 0.160. The third kappa shape index (κ3) is 5.45. The molecule has 10 heteroatoms.